The Morgan fingerprint density at radius 2 is 0.947 bits per heavy atom. The molecule has 11 heterocycles. The molecule has 18 rings (SSSR count). The van der Waals surface area contributed by atoms with Crippen molar-refractivity contribution in [3.8, 4) is 0 Å². The van der Waals surface area contributed by atoms with Gasteiger partial charge in [0.2, 0.25) is 17.7 Å². The number of aryl methyl sites for hydroxylation is 3. The van der Waals surface area contributed by atoms with E-state index in [4.69, 9.17) is 9.47 Å². The van der Waals surface area contributed by atoms with Crippen molar-refractivity contribution >= 4 is 120 Å². The third-order valence-electron chi connectivity index (χ3n) is 31.2. The van der Waals surface area contributed by atoms with Crippen LogP contribution < -0.4 is 0 Å². The van der Waals surface area contributed by atoms with Gasteiger partial charge in [-0.25, -0.2) is 0 Å². The third-order valence-corrected chi connectivity index (χ3v) is 31.2. The Hall–Kier alpha value is -10.2. The summed E-state index contributed by atoms with van der Waals surface area (Å²) in [4.78, 5) is 170. The summed E-state index contributed by atoms with van der Waals surface area (Å²) in [6, 6.07) is 27.3. The van der Waals surface area contributed by atoms with Crippen LogP contribution in [0.3, 0.4) is 0 Å². The van der Waals surface area contributed by atoms with Crippen molar-refractivity contribution in [1.82, 2.24) is 43.1 Å². The number of ether oxygens (including phenoxy) is 2. The Labute approximate surface area is 769 Å². The monoisotopic (exact) mass is 1780 g/mol. The Balaban J connectivity index is 0.000000148. The number of fused-ring (bicyclic) bond motifs is 10. The van der Waals surface area contributed by atoms with Crippen LogP contribution in [0.5, 0.6) is 0 Å². The summed E-state index contributed by atoms with van der Waals surface area (Å²) in [5, 5.41) is 16.3. The van der Waals surface area contributed by atoms with E-state index in [0.29, 0.717) is 103 Å². The largest absolute Gasteiger partial charge is 0.469 e. The summed E-state index contributed by atoms with van der Waals surface area (Å²) in [6.45, 7) is 22.1. The highest BCUT2D eigenvalue weighted by atomic mass is 16.7. The molecule has 3 aliphatic carbocycles. The number of amides is 4. The molecule has 5 saturated heterocycles. The number of Topliss-reactive ketones (excluding diaryl/α,β-unsaturated/α-hetero) is 7. The zero-order chi connectivity index (χ0) is 93.1. The minimum absolute atomic E-state index is 0.0191. The summed E-state index contributed by atoms with van der Waals surface area (Å²) < 4.78 is 18.4. The fourth-order valence-corrected chi connectivity index (χ4v) is 24.0. The molecule has 1 N–H and O–H groups in total. The predicted octanol–water partition coefficient (Wildman–Crippen LogP) is 14.1. The second-order valence-electron chi connectivity index (χ2n) is 39.9. The van der Waals surface area contributed by atoms with Crippen LogP contribution in [0, 0.1) is 53.3 Å². The molecule has 0 radical (unpaired) electrons. The summed E-state index contributed by atoms with van der Waals surface area (Å²) in [5.74, 6) is -7.20. The fourth-order valence-electron chi connectivity index (χ4n) is 24.0. The molecule has 24 nitrogen and oxygen atoms in total. The van der Waals surface area contributed by atoms with Gasteiger partial charge in [-0.3, -0.25) is 77.1 Å². The van der Waals surface area contributed by atoms with Gasteiger partial charge in [-0.15, -0.1) is 0 Å². The first-order valence-electron chi connectivity index (χ1n) is 48.6. The molecule has 11 aliphatic rings. The maximum absolute atomic E-state index is 15.1. The molecule has 5 fully saturated rings. The van der Waals surface area contributed by atoms with Crippen molar-refractivity contribution in [3.05, 3.63) is 161 Å². The van der Waals surface area contributed by atoms with Crippen LogP contribution in [0.4, 0.5) is 0 Å². The quantitative estimate of drug-likeness (QED) is 0.0395. The lowest BCUT2D eigenvalue weighted by Crippen LogP contribution is -2.66. The zero-order valence-corrected chi connectivity index (χ0v) is 78.9. The van der Waals surface area contributed by atoms with Gasteiger partial charge in [0.05, 0.1) is 30.9 Å². The molecular formula is C107H133N9O15. The first kappa shape index (κ1) is 94.0. The molecule has 0 bridgehead atoms. The van der Waals surface area contributed by atoms with E-state index >= 15 is 4.79 Å². The van der Waals surface area contributed by atoms with Crippen molar-refractivity contribution in [1.29, 1.82) is 0 Å². The van der Waals surface area contributed by atoms with Crippen molar-refractivity contribution in [2.75, 3.05) is 61.0 Å². The average molecular weight is 1790 g/mol. The Kier molecular flexibility index (Phi) is 27.8. The van der Waals surface area contributed by atoms with Gasteiger partial charge in [-0.05, 0) is 177 Å². The number of aliphatic hydroxyl groups is 1. The van der Waals surface area contributed by atoms with E-state index in [1.54, 1.807) is 23.6 Å². The highest BCUT2D eigenvalue weighted by molar-refractivity contribution is 6.09. The fraction of sp³-hybridized carbons (Fsp3) is 0.551. The molecule has 131 heavy (non-hydrogen) atoms. The van der Waals surface area contributed by atoms with Crippen LogP contribution in [0.15, 0.2) is 122 Å². The number of hydrogen-bond donors (Lipinski definition) is 1. The van der Waals surface area contributed by atoms with Crippen molar-refractivity contribution in [3.63, 3.8) is 0 Å². The Morgan fingerprint density at radius 3 is 1.38 bits per heavy atom. The van der Waals surface area contributed by atoms with Gasteiger partial charge in [0.1, 0.15) is 52.4 Å². The number of benzene rings is 4. The number of methoxy groups -OCH3 is 1. The minimum atomic E-state index is -1.86. The van der Waals surface area contributed by atoms with E-state index in [0.717, 1.165) is 110 Å². The minimum Gasteiger partial charge on any atom is -0.469 e. The van der Waals surface area contributed by atoms with Gasteiger partial charge in [0.25, 0.3) is 5.91 Å². The molecule has 2 unspecified atom stereocenters. The Morgan fingerprint density at radius 1 is 0.511 bits per heavy atom. The van der Waals surface area contributed by atoms with E-state index < -0.39 is 65.0 Å². The lowest BCUT2D eigenvalue weighted by Gasteiger charge is -2.47. The number of carbonyl (C=O) groups excluding carboxylic acids is 12. The van der Waals surface area contributed by atoms with Crippen molar-refractivity contribution in [2.45, 2.75) is 264 Å². The molecule has 0 saturated carbocycles. The third kappa shape index (κ3) is 17.6. The number of piperazine rings is 1. The molecule has 8 aliphatic heterocycles. The number of rotatable bonds is 31. The average Bonchev–Trinajstić information content (AvgIpc) is 1.53. The number of esters is 1. The molecule has 4 aromatic carbocycles. The molecule has 24 heteroatoms. The maximum atomic E-state index is 15.1. The molecule has 696 valence electrons. The molecule has 4 amide bonds. The summed E-state index contributed by atoms with van der Waals surface area (Å²) in [6.07, 6.45) is 25.3. The zero-order valence-electron chi connectivity index (χ0n) is 78.9. The van der Waals surface area contributed by atoms with Gasteiger partial charge in [-0.2, -0.15) is 0 Å². The van der Waals surface area contributed by atoms with Crippen LogP contribution in [0.2, 0.25) is 0 Å². The highest BCUT2D eigenvalue weighted by Gasteiger charge is 2.73. The van der Waals surface area contributed by atoms with E-state index in [1.807, 2.05) is 78.8 Å². The van der Waals surface area contributed by atoms with Gasteiger partial charge in [-0.1, -0.05) is 154 Å². The summed E-state index contributed by atoms with van der Waals surface area (Å²) >= 11 is 0. The molecule has 3 aromatic heterocycles. The number of piperidine rings is 1. The standard InChI is InChI=1S/C44H53N3O6.C36H46N4O5.C27H34N2O4/c1-5-27(3)43(41(50)40-34(21-28-13-8-7-9-14-28)42(51)47-20-12-18-38(47)44(40,52)53-43)24-37(49)29-22-33-32-16-10-17-35-39(32)30(23-36(33)45(4)25-29)26-46(35)19-11-15-31(48)6-2;1-6-25(41)10-8-14-38-20-24-18-30-27(26-11-7-12-28(38)32(24)26)17-23(19-37(30)5)31(42)16-22(4)34(43)40-33(21(2)3)36(45)39-15-9-13-29(39)35(40)44;1-5-20(30)8-7-11-29-16-19-14-24-22(21-9-6-10-23(29)26(19)21)13-18(15-28(24)3)25(31)12-17(2)27(32)33-4/h7-10,13-14,16-17,22,26-27,29,34,36,38,40,52H,5-6,11-12,15,18-21,23-25H2,1-4H3;7,11-12,17,20-23,29-30,33H,6,8-10,13-16,18-19H2,1-5H3;6,9-10,13,16-18,24H,5,7-8,11-12,14-15H2,1-4H3/t27?,29-,34-,36-,38+,40?,43-,44+;22-,23-,29+,30-,33+;17-,18-,24-/m111/s1. The number of carbonyl (C=O) groups is 12. The van der Waals surface area contributed by atoms with Crippen molar-refractivity contribution < 1.29 is 72.1 Å². The SMILES string of the molecule is CCC(=O)CCCn1cc2c3c(cccc31)C1=C[C@@H](C(=O)C[C@@H](C)C(=O)N3C(=O)[C@@H]4CCCN4C(=O)[C@@H]3C(C)C)CN(C)[C@@H]1C2.CCC(=O)CCCn1cc2c3c(cccc31)C1=C[C@@H](C(=O)C[C@@H](C)C(=O)OC)CN(C)[C@@H]1C2.CCC(=O)CCCn1cc2c3c(cccc31)C1=C[C@@H](C(=O)C[C@]3(C(C)CC)O[C@]4(O)C(C3=O)[C@@H](Cc3ccccc3)C(=O)N3CCC[C@H]34)CN(C)[C@@H]1C2. The Bertz CT molecular complexity index is 5770. The topological polar surface area (TPSA) is 278 Å². The normalized spacial score (nSPS) is 26.6. The molecule has 16 atom stereocenters. The van der Waals surface area contributed by atoms with Crippen LogP contribution in [-0.2, 0) is 112 Å². The van der Waals surface area contributed by atoms with Gasteiger partial charge >= 0.3 is 5.97 Å². The highest BCUT2D eigenvalue weighted by Crippen LogP contribution is 2.57. The lowest BCUT2D eigenvalue weighted by molar-refractivity contribution is -0.286. The first-order valence-corrected chi connectivity index (χ1v) is 48.6. The number of aromatic nitrogens is 3. The van der Waals surface area contributed by atoms with E-state index in [1.165, 1.54) is 61.5 Å². The molecular weight excluding hydrogens is 1650 g/mol. The van der Waals surface area contributed by atoms with Gasteiger partial charge in [0.15, 0.2) is 11.6 Å². The van der Waals surface area contributed by atoms with Crippen LogP contribution >= 0.6 is 0 Å². The molecule has 7 aromatic rings. The second kappa shape index (κ2) is 38.8. The maximum Gasteiger partial charge on any atom is 0.308 e. The van der Waals surface area contributed by atoms with Crippen LogP contribution in [-0.4, -0.2) is 227 Å². The van der Waals surface area contributed by atoms with E-state index in [2.05, 4.69) is 141 Å². The van der Waals surface area contributed by atoms with E-state index in [-0.39, 0.29) is 119 Å². The van der Waals surface area contributed by atoms with Crippen molar-refractivity contribution in [2.24, 2.45) is 53.3 Å². The van der Waals surface area contributed by atoms with E-state index in [9.17, 15) is 57.8 Å². The number of imide groups is 1. The number of nitrogens with zero attached hydrogens (tertiary/aromatic N) is 9. The second-order valence-corrected chi connectivity index (χ2v) is 39.9. The smallest absolute Gasteiger partial charge is 0.308 e. The van der Waals surface area contributed by atoms with Crippen LogP contribution in [0.1, 0.15) is 210 Å². The number of likely N-dealkylation sites (N-methyl/N-ethyl adjacent to an activating group) is 3. The van der Waals surface area contributed by atoms with Gasteiger partial charge < -0.3 is 38.1 Å². The van der Waals surface area contributed by atoms with Gasteiger partial charge in [0, 0.05) is 203 Å². The number of ketones is 7. The summed E-state index contributed by atoms with van der Waals surface area (Å²) in [7, 11) is 7.58. The number of hydrogen-bond acceptors (Lipinski definition) is 18. The summed E-state index contributed by atoms with van der Waals surface area (Å²) in [5.41, 5.74) is 13.8. The first-order chi connectivity index (χ1) is 62.8. The predicted molar refractivity (Wildman–Crippen MR) is 504 cm³/mol. The molecule has 0 spiro atoms. The lowest BCUT2D eigenvalue weighted by atomic mass is 9.68. The van der Waals surface area contributed by atoms with Crippen LogP contribution in [0.25, 0.3) is 49.4 Å².